The average molecular weight is 349 g/mol. The summed E-state index contributed by atoms with van der Waals surface area (Å²) in [7, 11) is 1.26. The van der Waals surface area contributed by atoms with E-state index in [-0.39, 0.29) is 22.7 Å². The lowest BCUT2D eigenvalue weighted by molar-refractivity contribution is 0.0346. The van der Waals surface area contributed by atoms with Crippen LogP contribution in [-0.4, -0.2) is 25.8 Å². The Morgan fingerprint density at radius 1 is 1.35 bits per heavy atom. The zero-order chi connectivity index (χ0) is 15.3. The van der Waals surface area contributed by atoms with Crippen LogP contribution in [0.15, 0.2) is 16.6 Å². The van der Waals surface area contributed by atoms with Crippen molar-refractivity contribution in [2.45, 2.75) is 13.8 Å². The summed E-state index contributed by atoms with van der Waals surface area (Å²) in [6, 6.07) is 2.76. The van der Waals surface area contributed by atoms with Gasteiger partial charge in [0.1, 0.15) is 5.56 Å². The van der Waals surface area contributed by atoms with Gasteiger partial charge < -0.3 is 14.2 Å². The number of carbonyl (C=O) groups excluding carboxylic acids is 2. The summed E-state index contributed by atoms with van der Waals surface area (Å²) >= 11 is 3.01. The van der Waals surface area contributed by atoms with Crippen LogP contribution in [-0.2, 0) is 9.47 Å². The van der Waals surface area contributed by atoms with Crippen molar-refractivity contribution in [1.82, 2.24) is 0 Å². The second kappa shape index (κ2) is 7.23. The van der Waals surface area contributed by atoms with Crippen molar-refractivity contribution in [2.24, 2.45) is 5.92 Å². The Labute approximate surface area is 124 Å². The molecule has 1 aromatic carbocycles. The molecule has 7 heteroatoms. The molecule has 0 N–H and O–H groups in total. The molecule has 0 aliphatic heterocycles. The van der Waals surface area contributed by atoms with Gasteiger partial charge in [-0.2, -0.15) is 0 Å². The lowest BCUT2D eigenvalue weighted by Gasteiger charge is -2.10. The zero-order valence-corrected chi connectivity index (χ0v) is 12.8. The maximum atomic E-state index is 13.9. The van der Waals surface area contributed by atoms with Crippen LogP contribution in [0, 0.1) is 11.7 Å². The van der Waals surface area contributed by atoms with E-state index in [2.05, 4.69) is 25.4 Å². The van der Waals surface area contributed by atoms with Gasteiger partial charge in [0.15, 0.2) is 11.6 Å². The minimum Gasteiger partial charge on any atom is -0.494 e. The summed E-state index contributed by atoms with van der Waals surface area (Å²) < 4.78 is 27.9. The molecule has 0 spiro atoms. The van der Waals surface area contributed by atoms with Crippen molar-refractivity contribution in [3.8, 4) is 5.75 Å². The SMILES string of the molecule is COc1ccc(Br)c(C(=O)OC(=O)OCC(C)C)c1F. The molecule has 0 amide bonds. The number of benzene rings is 1. The molecule has 20 heavy (non-hydrogen) atoms. The summed E-state index contributed by atoms with van der Waals surface area (Å²) in [5.74, 6) is -2.10. The lowest BCUT2D eigenvalue weighted by atomic mass is 10.2. The van der Waals surface area contributed by atoms with E-state index in [0.717, 1.165) is 0 Å². The number of carbonyl (C=O) groups is 2. The number of esters is 1. The van der Waals surface area contributed by atoms with Gasteiger partial charge in [-0.3, -0.25) is 0 Å². The molecule has 0 heterocycles. The Morgan fingerprint density at radius 3 is 2.55 bits per heavy atom. The Bertz CT molecular complexity index is 516. The Kier molecular flexibility index (Phi) is 5.94. The molecule has 0 aliphatic carbocycles. The monoisotopic (exact) mass is 348 g/mol. The van der Waals surface area contributed by atoms with E-state index in [1.165, 1.54) is 19.2 Å². The fourth-order valence-electron chi connectivity index (χ4n) is 1.27. The molecule has 1 rings (SSSR count). The van der Waals surface area contributed by atoms with Crippen molar-refractivity contribution in [2.75, 3.05) is 13.7 Å². The smallest absolute Gasteiger partial charge is 0.494 e. The number of hydrogen-bond donors (Lipinski definition) is 0. The summed E-state index contributed by atoms with van der Waals surface area (Å²) in [5.41, 5.74) is -0.425. The first-order valence-corrected chi connectivity index (χ1v) is 6.57. The molecule has 0 unspecified atom stereocenters. The Hall–Kier alpha value is -1.63. The van der Waals surface area contributed by atoms with Crippen LogP contribution in [0.1, 0.15) is 24.2 Å². The minimum atomic E-state index is -1.17. The van der Waals surface area contributed by atoms with Crippen LogP contribution >= 0.6 is 15.9 Å². The first-order valence-electron chi connectivity index (χ1n) is 5.77. The maximum Gasteiger partial charge on any atom is 0.516 e. The lowest BCUT2D eigenvalue weighted by Crippen LogP contribution is -2.18. The van der Waals surface area contributed by atoms with Crippen LogP contribution in [0.4, 0.5) is 9.18 Å². The van der Waals surface area contributed by atoms with Gasteiger partial charge in [-0.05, 0) is 34.0 Å². The van der Waals surface area contributed by atoms with Crippen molar-refractivity contribution < 1.29 is 28.2 Å². The predicted octanol–water partition coefficient (Wildman–Crippen LogP) is 3.55. The van der Waals surface area contributed by atoms with Gasteiger partial charge in [0.05, 0.1) is 13.7 Å². The molecular formula is C13H14BrFO5. The number of rotatable bonds is 4. The van der Waals surface area contributed by atoms with Crippen molar-refractivity contribution in [3.05, 3.63) is 28.0 Å². The van der Waals surface area contributed by atoms with Crippen LogP contribution in [0.5, 0.6) is 5.75 Å². The van der Waals surface area contributed by atoms with Crippen LogP contribution in [0.2, 0.25) is 0 Å². The second-order valence-electron chi connectivity index (χ2n) is 4.28. The largest absolute Gasteiger partial charge is 0.516 e. The number of hydrogen-bond acceptors (Lipinski definition) is 5. The van der Waals surface area contributed by atoms with Gasteiger partial charge in [0.2, 0.25) is 0 Å². The molecule has 0 bridgehead atoms. The fourth-order valence-corrected chi connectivity index (χ4v) is 1.74. The van der Waals surface area contributed by atoms with Crippen LogP contribution in [0.3, 0.4) is 0 Å². The van der Waals surface area contributed by atoms with E-state index in [1.54, 1.807) is 0 Å². The molecule has 0 aromatic heterocycles. The molecular weight excluding hydrogens is 335 g/mol. The summed E-state index contributed by atoms with van der Waals surface area (Å²) in [6.45, 7) is 3.76. The van der Waals surface area contributed by atoms with E-state index in [4.69, 9.17) is 4.74 Å². The quantitative estimate of drug-likeness (QED) is 0.615. The third-order valence-corrected chi connectivity index (χ3v) is 2.85. The molecule has 1 aromatic rings. The van der Waals surface area contributed by atoms with Crippen molar-refractivity contribution >= 4 is 28.1 Å². The Morgan fingerprint density at radius 2 is 2.00 bits per heavy atom. The molecule has 110 valence electrons. The van der Waals surface area contributed by atoms with E-state index < -0.39 is 23.5 Å². The number of methoxy groups -OCH3 is 1. The van der Waals surface area contributed by atoms with Gasteiger partial charge in [-0.1, -0.05) is 13.8 Å². The number of ether oxygens (including phenoxy) is 3. The molecule has 0 radical (unpaired) electrons. The highest BCUT2D eigenvalue weighted by atomic mass is 79.9. The number of halogens is 2. The molecule has 5 nitrogen and oxygen atoms in total. The molecule has 0 atom stereocenters. The average Bonchev–Trinajstić information content (AvgIpc) is 2.36. The first kappa shape index (κ1) is 16.4. The van der Waals surface area contributed by atoms with Gasteiger partial charge in [0.25, 0.3) is 0 Å². The summed E-state index contributed by atoms with van der Waals surface area (Å²) in [6.07, 6.45) is -1.17. The predicted molar refractivity (Wildman–Crippen MR) is 72.3 cm³/mol. The van der Waals surface area contributed by atoms with E-state index in [1.807, 2.05) is 13.8 Å². The minimum absolute atomic E-state index is 0.0953. The van der Waals surface area contributed by atoms with E-state index in [9.17, 15) is 14.0 Å². The van der Waals surface area contributed by atoms with Gasteiger partial charge >= 0.3 is 12.1 Å². The standard InChI is InChI=1S/C13H14BrFO5/c1-7(2)6-19-13(17)20-12(16)10-8(14)4-5-9(18-3)11(10)15/h4-5,7H,6H2,1-3H3. The summed E-state index contributed by atoms with van der Waals surface area (Å²) in [5, 5.41) is 0. The third kappa shape index (κ3) is 4.19. The third-order valence-electron chi connectivity index (χ3n) is 2.19. The van der Waals surface area contributed by atoms with Gasteiger partial charge in [0, 0.05) is 4.47 Å². The van der Waals surface area contributed by atoms with Gasteiger partial charge in [-0.25, -0.2) is 14.0 Å². The molecule has 0 aliphatic rings. The fraction of sp³-hybridized carbons (Fsp3) is 0.385. The van der Waals surface area contributed by atoms with Crippen molar-refractivity contribution in [1.29, 1.82) is 0 Å². The topological polar surface area (TPSA) is 61.8 Å². The van der Waals surface area contributed by atoms with Crippen LogP contribution in [0.25, 0.3) is 0 Å². The highest BCUT2D eigenvalue weighted by Gasteiger charge is 2.24. The zero-order valence-electron chi connectivity index (χ0n) is 11.2. The van der Waals surface area contributed by atoms with E-state index >= 15 is 0 Å². The Balaban J connectivity index is 2.85. The maximum absolute atomic E-state index is 13.9. The van der Waals surface area contributed by atoms with Gasteiger partial charge in [-0.15, -0.1) is 0 Å². The summed E-state index contributed by atoms with van der Waals surface area (Å²) in [4.78, 5) is 23.0. The second-order valence-corrected chi connectivity index (χ2v) is 5.14. The molecule has 0 saturated heterocycles. The highest BCUT2D eigenvalue weighted by Crippen LogP contribution is 2.28. The normalized spacial score (nSPS) is 10.3. The van der Waals surface area contributed by atoms with E-state index in [0.29, 0.717) is 0 Å². The van der Waals surface area contributed by atoms with Crippen LogP contribution < -0.4 is 4.74 Å². The molecule has 0 saturated carbocycles. The first-order chi connectivity index (χ1) is 9.36. The highest BCUT2D eigenvalue weighted by molar-refractivity contribution is 9.10. The molecule has 0 fully saturated rings. The van der Waals surface area contributed by atoms with Crippen molar-refractivity contribution in [3.63, 3.8) is 0 Å².